The van der Waals surface area contributed by atoms with Gasteiger partial charge in [-0.25, -0.2) is 0 Å². The fourth-order valence-electron chi connectivity index (χ4n) is 1.24. The molecule has 76 valence electrons. The highest BCUT2D eigenvalue weighted by Gasteiger charge is 1.92. The third-order valence-electron chi connectivity index (χ3n) is 2.06. The van der Waals surface area contributed by atoms with E-state index in [0.29, 0.717) is 0 Å². The van der Waals surface area contributed by atoms with Crippen LogP contribution in [0.2, 0.25) is 4.55 Å². The van der Waals surface area contributed by atoms with Crippen LogP contribution < -0.4 is 0 Å². The molecule has 0 saturated heterocycles. The van der Waals surface area contributed by atoms with Gasteiger partial charge in [-0.15, -0.1) is 4.55 Å². The van der Waals surface area contributed by atoms with Gasteiger partial charge in [0.1, 0.15) is 0 Å². The number of halogens is 1. The monoisotopic (exact) mass is 276 g/mol. The summed E-state index contributed by atoms with van der Waals surface area (Å²) in [6, 6.07) is 0. The summed E-state index contributed by atoms with van der Waals surface area (Å²) in [5, 5.41) is 0. The summed E-state index contributed by atoms with van der Waals surface area (Å²) in [7, 11) is 0. The van der Waals surface area contributed by atoms with Crippen molar-refractivity contribution in [2.75, 3.05) is 11.5 Å². The van der Waals surface area contributed by atoms with Crippen LogP contribution in [0.15, 0.2) is 0 Å². The first-order valence-corrected chi connectivity index (χ1v) is 11.6. The van der Waals surface area contributed by atoms with Crippen LogP contribution in [0.4, 0.5) is 0 Å². The standard InChI is InChI=1S/C10H21S.BrH.Mg/c1-3-5-6-7-8-9-10-11-4-2;;/h2-10H2,1H3;1H;/q;;+1/p-1. The molecule has 0 bridgehead atoms. The van der Waals surface area contributed by atoms with Crippen LogP contribution in [0.5, 0.6) is 0 Å². The number of hydrogen-bond donors (Lipinski definition) is 0. The van der Waals surface area contributed by atoms with Gasteiger partial charge in [0.05, 0.1) is 0 Å². The fraction of sp³-hybridized carbons (Fsp3) is 1.00. The molecule has 13 heavy (non-hydrogen) atoms. The Bertz CT molecular complexity index is 81.0. The maximum Gasteiger partial charge on any atom is 0.469 e. The van der Waals surface area contributed by atoms with E-state index in [9.17, 15) is 0 Å². The summed E-state index contributed by atoms with van der Waals surface area (Å²) in [6.45, 7) is 2.28. The third kappa shape index (κ3) is 13.6. The van der Waals surface area contributed by atoms with Crippen molar-refractivity contribution in [1.29, 1.82) is 0 Å². The van der Waals surface area contributed by atoms with E-state index in [-0.39, 0.29) is 18.2 Å². The molecule has 0 saturated carbocycles. The van der Waals surface area contributed by atoms with E-state index in [1.807, 2.05) is 0 Å². The lowest BCUT2D eigenvalue weighted by Crippen LogP contribution is -1.86. The van der Waals surface area contributed by atoms with Crippen molar-refractivity contribution >= 4 is 42.8 Å². The Hall–Kier alpha value is 1.60. The summed E-state index contributed by atoms with van der Waals surface area (Å²) in [5.74, 6) is 2.79. The molecule has 0 aromatic heterocycles. The van der Waals surface area contributed by atoms with Gasteiger partial charge in [-0.05, 0) is 17.9 Å². The Balaban J connectivity index is 2.76. The molecule has 0 aliphatic heterocycles. The molecule has 0 aromatic rings. The molecule has 0 nitrogen and oxygen atoms in total. The molecule has 0 spiro atoms. The molecule has 0 radical (unpaired) electrons. The summed E-state index contributed by atoms with van der Waals surface area (Å²) in [5.41, 5.74) is 0. The first kappa shape index (κ1) is 14.6. The van der Waals surface area contributed by atoms with Crippen LogP contribution in [0.3, 0.4) is 0 Å². The SMILES string of the molecule is CCCCCCCCSC[CH2][Mg][Br]. The van der Waals surface area contributed by atoms with E-state index in [2.05, 4.69) is 31.6 Å². The largest absolute Gasteiger partial charge is 0.469 e. The van der Waals surface area contributed by atoms with E-state index < -0.39 is 0 Å². The maximum absolute atomic E-state index is 3.59. The molecule has 0 aromatic carbocycles. The molecule has 0 fully saturated rings. The second-order valence-electron chi connectivity index (χ2n) is 3.42. The summed E-state index contributed by atoms with van der Waals surface area (Å²) >= 11 is 5.89. The predicted molar refractivity (Wildman–Crippen MR) is 70.2 cm³/mol. The van der Waals surface area contributed by atoms with Crippen LogP contribution in [-0.2, 0) is 0 Å². The lowest BCUT2D eigenvalue weighted by atomic mass is 10.1. The number of rotatable bonds is 10. The van der Waals surface area contributed by atoms with E-state index in [1.165, 1.54) is 54.6 Å². The van der Waals surface area contributed by atoms with Crippen molar-refractivity contribution in [1.82, 2.24) is 0 Å². The van der Waals surface area contributed by atoms with Crippen LogP contribution in [0, 0.1) is 0 Å². The van der Waals surface area contributed by atoms with Crippen molar-refractivity contribution in [2.45, 2.75) is 50.0 Å². The fourth-order valence-corrected chi connectivity index (χ4v) is 5.17. The summed E-state index contributed by atoms with van der Waals surface area (Å²) in [6.07, 6.45) is 8.61. The Morgan fingerprint density at radius 2 is 1.69 bits per heavy atom. The highest BCUT2D eigenvalue weighted by atomic mass is 79.9. The van der Waals surface area contributed by atoms with Crippen molar-refractivity contribution in [3.05, 3.63) is 0 Å². The summed E-state index contributed by atoms with van der Waals surface area (Å²) in [4.78, 5) is 0. The average Bonchev–Trinajstić information content (AvgIpc) is 2.16. The molecule has 3 heteroatoms. The Labute approximate surface area is 104 Å². The normalized spacial score (nSPS) is 10.0. The number of unbranched alkanes of at least 4 members (excludes halogenated alkanes) is 5. The van der Waals surface area contributed by atoms with Gasteiger partial charge >= 0.3 is 18.2 Å². The maximum atomic E-state index is 3.59. The quantitative estimate of drug-likeness (QED) is 0.418. The smallest absolute Gasteiger partial charge is 0.307 e. The van der Waals surface area contributed by atoms with Gasteiger partial charge in [0, 0.05) is 0 Å². The van der Waals surface area contributed by atoms with Crippen molar-refractivity contribution in [2.24, 2.45) is 0 Å². The van der Waals surface area contributed by atoms with Gasteiger partial charge in [0.2, 0.25) is 0 Å². The van der Waals surface area contributed by atoms with Gasteiger partial charge in [0.25, 0.3) is 0 Å². The second kappa shape index (κ2) is 13.6. The van der Waals surface area contributed by atoms with Gasteiger partial charge in [0.15, 0.2) is 0 Å². The molecule has 0 heterocycles. The second-order valence-corrected chi connectivity index (χ2v) is 8.11. The minimum absolute atomic E-state index is 0.155. The molecular formula is C10H21BrMgS. The lowest BCUT2D eigenvalue weighted by Gasteiger charge is -2.00. The number of hydrogen-bond acceptors (Lipinski definition) is 1. The Kier molecular flexibility index (Phi) is 15.3. The predicted octanol–water partition coefficient (Wildman–Crippen LogP) is 4.51. The Morgan fingerprint density at radius 3 is 2.38 bits per heavy atom. The molecule has 0 atom stereocenters. The zero-order valence-corrected chi connectivity index (χ0v) is 12.7. The third-order valence-corrected chi connectivity index (χ3v) is 6.03. The van der Waals surface area contributed by atoms with E-state index >= 15 is 0 Å². The molecular weight excluding hydrogens is 256 g/mol. The average molecular weight is 278 g/mol. The van der Waals surface area contributed by atoms with Crippen molar-refractivity contribution < 1.29 is 0 Å². The highest BCUT2D eigenvalue weighted by Crippen LogP contribution is 2.10. The first-order valence-electron chi connectivity index (χ1n) is 5.55. The van der Waals surface area contributed by atoms with Crippen LogP contribution >= 0.6 is 24.6 Å². The van der Waals surface area contributed by atoms with Crippen molar-refractivity contribution in [3.8, 4) is 0 Å². The van der Waals surface area contributed by atoms with Crippen molar-refractivity contribution in [3.63, 3.8) is 0 Å². The Morgan fingerprint density at radius 1 is 1.00 bits per heavy atom. The minimum atomic E-state index is 0.155. The highest BCUT2D eigenvalue weighted by molar-refractivity contribution is 9.23. The first-order chi connectivity index (χ1) is 6.41. The van der Waals surface area contributed by atoms with Gasteiger partial charge in [-0.1, -0.05) is 39.0 Å². The number of thioether (sulfide) groups is 1. The van der Waals surface area contributed by atoms with Gasteiger partial charge in [-0.2, -0.15) is 11.8 Å². The van der Waals surface area contributed by atoms with E-state index in [0.717, 1.165) is 0 Å². The zero-order chi connectivity index (χ0) is 9.78. The minimum Gasteiger partial charge on any atom is -0.307 e. The molecule has 0 N–H and O–H groups in total. The lowest BCUT2D eigenvalue weighted by molar-refractivity contribution is 0.627. The molecule has 0 aliphatic rings. The molecule has 0 aliphatic carbocycles. The van der Waals surface area contributed by atoms with Gasteiger partial charge < -0.3 is 12.9 Å². The molecule has 0 unspecified atom stereocenters. The van der Waals surface area contributed by atoms with Crippen LogP contribution in [0.25, 0.3) is 0 Å². The van der Waals surface area contributed by atoms with Gasteiger partial charge in [-0.3, -0.25) is 0 Å². The molecule has 0 rings (SSSR count). The zero-order valence-electron chi connectivity index (χ0n) is 8.86. The summed E-state index contributed by atoms with van der Waals surface area (Å²) < 4.78 is 1.46. The van der Waals surface area contributed by atoms with E-state index in [1.54, 1.807) is 0 Å². The van der Waals surface area contributed by atoms with E-state index in [4.69, 9.17) is 0 Å². The van der Waals surface area contributed by atoms with Crippen LogP contribution in [0.1, 0.15) is 45.4 Å². The molecule has 0 amide bonds. The topological polar surface area (TPSA) is 0 Å². The van der Waals surface area contributed by atoms with Crippen LogP contribution in [-0.4, -0.2) is 29.7 Å².